The van der Waals surface area contributed by atoms with E-state index in [0.717, 1.165) is 43.2 Å². The van der Waals surface area contributed by atoms with E-state index in [1.54, 1.807) is 17.0 Å². The summed E-state index contributed by atoms with van der Waals surface area (Å²) in [7, 11) is 0. The minimum atomic E-state index is -0.134. The van der Waals surface area contributed by atoms with E-state index in [1.807, 2.05) is 24.3 Å². The summed E-state index contributed by atoms with van der Waals surface area (Å²) >= 11 is 6.07. The lowest BCUT2D eigenvalue weighted by molar-refractivity contribution is -0.117. The molecule has 0 radical (unpaired) electrons. The standard InChI is InChI=1S/C22H21ClN4O3/c23-17-2-1-3-19(13-17)27-14-16(12-20(27)28)22-24-21(25-30-22)15-4-6-18(7-5-15)26-8-10-29-11-9-26/h1-7,13,16H,8-12,14H2. The van der Waals surface area contributed by atoms with Crippen LogP contribution < -0.4 is 9.80 Å². The van der Waals surface area contributed by atoms with Crippen molar-refractivity contribution in [1.82, 2.24) is 10.1 Å². The van der Waals surface area contributed by atoms with E-state index in [1.165, 1.54) is 0 Å². The summed E-state index contributed by atoms with van der Waals surface area (Å²) in [5.74, 6) is 0.912. The van der Waals surface area contributed by atoms with Crippen LogP contribution in [0.2, 0.25) is 5.02 Å². The van der Waals surface area contributed by atoms with Gasteiger partial charge < -0.3 is 19.1 Å². The van der Waals surface area contributed by atoms with Gasteiger partial charge >= 0.3 is 0 Å². The maximum Gasteiger partial charge on any atom is 0.232 e. The molecule has 1 unspecified atom stereocenters. The van der Waals surface area contributed by atoms with Crippen LogP contribution in [-0.4, -0.2) is 48.9 Å². The number of hydrogen-bond donors (Lipinski definition) is 0. The molecular formula is C22H21ClN4O3. The number of carbonyl (C=O) groups is 1. The fraction of sp³-hybridized carbons (Fsp3) is 0.318. The van der Waals surface area contributed by atoms with Gasteiger partial charge in [-0.3, -0.25) is 4.79 Å². The van der Waals surface area contributed by atoms with Crippen LogP contribution in [0.1, 0.15) is 18.2 Å². The van der Waals surface area contributed by atoms with Gasteiger partial charge in [-0.05, 0) is 42.5 Å². The Morgan fingerprint density at radius 1 is 1.03 bits per heavy atom. The molecule has 8 heteroatoms. The van der Waals surface area contributed by atoms with Gasteiger partial charge in [0.25, 0.3) is 0 Å². The predicted octanol–water partition coefficient (Wildman–Crippen LogP) is 3.75. The number of carbonyl (C=O) groups excluding carboxylic acids is 1. The molecule has 30 heavy (non-hydrogen) atoms. The summed E-state index contributed by atoms with van der Waals surface area (Å²) in [6.45, 7) is 3.79. The van der Waals surface area contributed by atoms with Gasteiger partial charge in [-0.2, -0.15) is 4.98 Å². The van der Waals surface area contributed by atoms with Crippen molar-refractivity contribution in [2.45, 2.75) is 12.3 Å². The quantitative estimate of drug-likeness (QED) is 0.635. The monoisotopic (exact) mass is 424 g/mol. The third kappa shape index (κ3) is 3.78. The molecule has 0 aliphatic carbocycles. The molecule has 2 aliphatic heterocycles. The Bertz CT molecular complexity index is 1050. The van der Waals surface area contributed by atoms with Crippen LogP contribution in [0, 0.1) is 0 Å². The van der Waals surface area contributed by atoms with Gasteiger partial charge in [0.2, 0.25) is 17.6 Å². The van der Waals surface area contributed by atoms with E-state index in [2.05, 4.69) is 27.2 Å². The maximum absolute atomic E-state index is 12.5. The number of nitrogens with zero attached hydrogens (tertiary/aromatic N) is 4. The highest BCUT2D eigenvalue weighted by molar-refractivity contribution is 6.30. The van der Waals surface area contributed by atoms with Crippen LogP contribution in [-0.2, 0) is 9.53 Å². The number of ether oxygens (including phenoxy) is 1. The molecule has 1 atom stereocenters. The minimum Gasteiger partial charge on any atom is -0.378 e. The molecule has 154 valence electrons. The summed E-state index contributed by atoms with van der Waals surface area (Å²) in [5.41, 5.74) is 2.83. The van der Waals surface area contributed by atoms with Gasteiger partial charge in [0.15, 0.2) is 0 Å². The Morgan fingerprint density at radius 2 is 1.83 bits per heavy atom. The van der Waals surface area contributed by atoms with E-state index >= 15 is 0 Å². The van der Waals surface area contributed by atoms with Crippen LogP contribution in [0.15, 0.2) is 53.1 Å². The third-order valence-electron chi connectivity index (χ3n) is 5.54. The van der Waals surface area contributed by atoms with Crippen molar-refractivity contribution in [3.8, 4) is 11.4 Å². The topological polar surface area (TPSA) is 71.7 Å². The second-order valence-electron chi connectivity index (χ2n) is 7.49. The van der Waals surface area contributed by atoms with Crippen LogP contribution in [0.3, 0.4) is 0 Å². The van der Waals surface area contributed by atoms with Crippen molar-refractivity contribution in [3.63, 3.8) is 0 Å². The van der Waals surface area contributed by atoms with Gasteiger partial charge in [0.1, 0.15) is 0 Å². The largest absolute Gasteiger partial charge is 0.378 e. The van der Waals surface area contributed by atoms with Crippen molar-refractivity contribution in [2.24, 2.45) is 0 Å². The van der Waals surface area contributed by atoms with Crippen LogP contribution in [0.5, 0.6) is 0 Å². The normalized spacial score (nSPS) is 19.5. The van der Waals surface area contributed by atoms with Crippen molar-refractivity contribution in [2.75, 3.05) is 42.6 Å². The smallest absolute Gasteiger partial charge is 0.232 e. The second kappa shape index (κ2) is 8.08. The van der Waals surface area contributed by atoms with Gasteiger partial charge in [-0.15, -0.1) is 0 Å². The molecule has 5 rings (SSSR count). The summed E-state index contributed by atoms with van der Waals surface area (Å²) in [4.78, 5) is 21.1. The molecule has 0 saturated carbocycles. The molecule has 1 amide bonds. The van der Waals surface area contributed by atoms with Gasteiger partial charge in [-0.1, -0.05) is 22.8 Å². The molecule has 0 bridgehead atoms. The van der Waals surface area contributed by atoms with Crippen molar-refractivity contribution >= 4 is 28.9 Å². The zero-order valence-corrected chi connectivity index (χ0v) is 17.1. The lowest BCUT2D eigenvalue weighted by Crippen LogP contribution is -2.36. The molecule has 2 fully saturated rings. The molecule has 3 heterocycles. The lowest BCUT2D eigenvalue weighted by atomic mass is 10.1. The van der Waals surface area contributed by atoms with Crippen LogP contribution >= 0.6 is 11.6 Å². The molecule has 7 nitrogen and oxygen atoms in total. The fourth-order valence-electron chi connectivity index (χ4n) is 3.93. The minimum absolute atomic E-state index is 0.0249. The Labute approximate surface area is 179 Å². The fourth-order valence-corrected chi connectivity index (χ4v) is 4.11. The van der Waals surface area contributed by atoms with Gasteiger partial charge in [0, 0.05) is 48.0 Å². The van der Waals surface area contributed by atoms with Crippen molar-refractivity contribution in [3.05, 3.63) is 59.4 Å². The lowest BCUT2D eigenvalue weighted by Gasteiger charge is -2.28. The molecule has 2 aliphatic rings. The SMILES string of the molecule is O=C1CC(c2nc(-c3ccc(N4CCOCC4)cc3)no2)CN1c1cccc(Cl)c1. The van der Waals surface area contributed by atoms with Gasteiger partial charge in [-0.25, -0.2) is 0 Å². The summed E-state index contributed by atoms with van der Waals surface area (Å²) in [6, 6.07) is 15.4. The highest BCUT2D eigenvalue weighted by atomic mass is 35.5. The summed E-state index contributed by atoms with van der Waals surface area (Å²) < 4.78 is 10.9. The zero-order chi connectivity index (χ0) is 20.5. The summed E-state index contributed by atoms with van der Waals surface area (Å²) in [6.07, 6.45) is 0.337. The number of aromatic nitrogens is 2. The van der Waals surface area contributed by atoms with Crippen molar-refractivity contribution < 1.29 is 14.1 Å². The molecule has 3 aromatic rings. The third-order valence-corrected chi connectivity index (χ3v) is 5.77. The first-order chi connectivity index (χ1) is 14.7. The average molecular weight is 425 g/mol. The first-order valence-electron chi connectivity index (χ1n) is 10.00. The first kappa shape index (κ1) is 19.1. The second-order valence-corrected chi connectivity index (χ2v) is 7.92. The van der Waals surface area contributed by atoms with E-state index in [-0.39, 0.29) is 11.8 Å². The molecular weight excluding hydrogens is 404 g/mol. The van der Waals surface area contributed by atoms with E-state index in [4.69, 9.17) is 20.9 Å². The number of anilines is 2. The van der Waals surface area contributed by atoms with E-state index < -0.39 is 0 Å². The van der Waals surface area contributed by atoms with Crippen LogP contribution in [0.25, 0.3) is 11.4 Å². The predicted molar refractivity (Wildman–Crippen MR) is 114 cm³/mol. The first-order valence-corrected chi connectivity index (χ1v) is 10.4. The number of morpholine rings is 1. The average Bonchev–Trinajstić information content (AvgIpc) is 3.42. The molecule has 2 aromatic carbocycles. The van der Waals surface area contributed by atoms with E-state index in [9.17, 15) is 4.79 Å². The Hall–Kier alpha value is -2.90. The molecule has 0 spiro atoms. The maximum atomic E-state index is 12.5. The molecule has 1 aromatic heterocycles. The van der Waals surface area contributed by atoms with Gasteiger partial charge in [0.05, 0.1) is 19.1 Å². The Kier molecular flexibility index (Phi) is 5.14. The van der Waals surface area contributed by atoms with Crippen LogP contribution in [0.4, 0.5) is 11.4 Å². The number of amides is 1. The Balaban J connectivity index is 1.30. The molecule has 2 saturated heterocycles. The number of benzene rings is 2. The summed E-state index contributed by atoms with van der Waals surface area (Å²) in [5, 5.41) is 4.74. The number of hydrogen-bond acceptors (Lipinski definition) is 6. The molecule has 0 N–H and O–H groups in total. The zero-order valence-electron chi connectivity index (χ0n) is 16.3. The van der Waals surface area contributed by atoms with E-state index in [0.29, 0.717) is 29.7 Å². The highest BCUT2D eigenvalue weighted by Gasteiger charge is 2.35. The number of rotatable bonds is 4. The number of halogens is 1. The van der Waals surface area contributed by atoms with Crippen molar-refractivity contribution in [1.29, 1.82) is 0 Å². The highest BCUT2D eigenvalue weighted by Crippen LogP contribution is 2.33. The Morgan fingerprint density at radius 3 is 2.60 bits per heavy atom.